The molecule has 0 saturated carbocycles. The molecule has 0 saturated heterocycles. The molecule has 124 valence electrons. The van der Waals surface area contributed by atoms with E-state index in [0.29, 0.717) is 22.4 Å². The van der Waals surface area contributed by atoms with Crippen LogP contribution < -0.4 is 4.74 Å². The second-order valence-corrected chi connectivity index (χ2v) is 6.47. The number of H-pyrrole nitrogens is 1. The first-order valence-corrected chi connectivity index (χ1v) is 8.57. The summed E-state index contributed by atoms with van der Waals surface area (Å²) in [6, 6.07) is 21.0. The number of hydrogen-bond acceptors (Lipinski definition) is 2. The standard InChI is InChI=1S/C20H14Cl2N2O/c21-14-9-10-19(25-12-13-5-1-2-6-16(13)22)15(11-14)20-23-17-7-3-4-8-18(17)24-20/h1-11H,12H2,(H,23,24). The highest BCUT2D eigenvalue weighted by Gasteiger charge is 2.12. The van der Waals surface area contributed by atoms with Gasteiger partial charge in [-0.1, -0.05) is 53.5 Å². The number of ether oxygens (including phenoxy) is 1. The van der Waals surface area contributed by atoms with E-state index < -0.39 is 0 Å². The molecule has 5 heteroatoms. The molecule has 0 aliphatic rings. The van der Waals surface area contributed by atoms with Crippen molar-refractivity contribution in [3.8, 4) is 17.1 Å². The number of fused-ring (bicyclic) bond motifs is 1. The van der Waals surface area contributed by atoms with Crippen LogP contribution in [0.25, 0.3) is 22.4 Å². The van der Waals surface area contributed by atoms with E-state index in [-0.39, 0.29) is 0 Å². The Morgan fingerprint density at radius 1 is 0.920 bits per heavy atom. The SMILES string of the molecule is Clc1ccc(OCc2ccccc2Cl)c(-c2nc3ccccc3[nH]2)c1. The maximum absolute atomic E-state index is 6.21. The van der Waals surface area contributed by atoms with Crippen molar-refractivity contribution in [3.05, 3.63) is 82.3 Å². The highest BCUT2D eigenvalue weighted by Crippen LogP contribution is 2.33. The van der Waals surface area contributed by atoms with Gasteiger partial charge in [0.1, 0.15) is 18.2 Å². The van der Waals surface area contributed by atoms with Gasteiger partial charge in [0.15, 0.2) is 0 Å². The molecule has 0 aliphatic heterocycles. The third-order valence-corrected chi connectivity index (χ3v) is 4.53. The van der Waals surface area contributed by atoms with Gasteiger partial charge in [0.05, 0.1) is 16.6 Å². The second kappa shape index (κ2) is 6.79. The Morgan fingerprint density at radius 3 is 2.56 bits per heavy atom. The summed E-state index contributed by atoms with van der Waals surface area (Å²) < 4.78 is 6.01. The molecular formula is C20H14Cl2N2O. The lowest BCUT2D eigenvalue weighted by Gasteiger charge is -2.11. The van der Waals surface area contributed by atoms with E-state index in [2.05, 4.69) is 9.97 Å². The van der Waals surface area contributed by atoms with Gasteiger partial charge in [-0.3, -0.25) is 0 Å². The van der Waals surface area contributed by atoms with Crippen molar-refractivity contribution in [1.29, 1.82) is 0 Å². The number of aromatic amines is 1. The number of imidazole rings is 1. The largest absolute Gasteiger partial charge is 0.488 e. The van der Waals surface area contributed by atoms with Gasteiger partial charge in [0.25, 0.3) is 0 Å². The van der Waals surface area contributed by atoms with Crippen molar-refractivity contribution in [1.82, 2.24) is 9.97 Å². The minimum absolute atomic E-state index is 0.370. The van der Waals surface area contributed by atoms with Crippen molar-refractivity contribution >= 4 is 34.2 Å². The van der Waals surface area contributed by atoms with Crippen LogP contribution >= 0.6 is 23.2 Å². The minimum atomic E-state index is 0.370. The number of nitrogens with one attached hydrogen (secondary N) is 1. The monoisotopic (exact) mass is 368 g/mol. The molecule has 4 rings (SSSR count). The smallest absolute Gasteiger partial charge is 0.142 e. The molecule has 0 bridgehead atoms. The van der Waals surface area contributed by atoms with E-state index in [1.54, 1.807) is 6.07 Å². The molecule has 0 aliphatic carbocycles. The Morgan fingerprint density at radius 2 is 1.72 bits per heavy atom. The molecule has 0 atom stereocenters. The van der Waals surface area contributed by atoms with Crippen molar-refractivity contribution in [3.63, 3.8) is 0 Å². The van der Waals surface area contributed by atoms with Gasteiger partial charge in [-0.05, 0) is 36.4 Å². The summed E-state index contributed by atoms with van der Waals surface area (Å²) in [6.07, 6.45) is 0. The van der Waals surface area contributed by atoms with Crippen LogP contribution in [-0.4, -0.2) is 9.97 Å². The fraction of sp³-hybridized carbons (Fsp3) is 0.0500. The molecule has 4 aromatic rings. The van der Waals surface area contributed by atoms with E-state index in [0.717, 1.165) is 28.0 Å². The first-order valence-electron chi connectivity index (χ1n) is 7.81. The van der Waals surface area contributed by atoms with E-state index in [1.807, 2.05) is 60.7 Å². The molecule has 1 N–H and O–H groups in total. The Kier molecular flexibility index (Phi) is 4.35. The average molecular weight is 369 g/mol. The zero-order valence-electron chi connectivity index (χ0n) is 13.2. The van der Waals surface area contributed by atoms with E-state index in [1.165, 1.54) is 0 Å². The summed E-state index contributed by atoms with van der Waals surface area (Å²) in [6.45, 7) is 0.370. The number of halogens is 2. The van der Waals surface area contributed by atoms with Crippen LogP contribution in [0.15, 0.2) is 66.7 Å². The summed E-state index contributed by atoms with van der Waals surface area (Å²) >= 11 is 12.4. The number of para-hydroxylation sites is 2. The summed E-state index contributed by atoms with van der Waals surface area (Å²) in [4.78, 5) is 7.95. The number of benzene rings is 3. The van der Waals surface area contributed by atoms with Crippen LogP contribution in [0.3, 0.4) is 0 Å². The summed E-state index contributed by atoms with van der Waals surface area (Å²) in [5.74, 6) is 1.42. The fourth-order valence-corrected chi connectivity index (χ4v) is 3.03. The topological polar surface area (TPSA) is 37.9 Å². The number of aromatic nitrogens is 2. The van der Waals surface area contributed by atoms with Gasteiger partial charge in [-0.25, -0.2) is 4.98 Å². The van der Waals surface area contributed by atoms with Crippen molar-refractivity contribution in [2.45, 2.75) is 6.61 Å². The van der Waals surface area contributed by atoms with Crippen LogP contribution in [0.1, 0.15) is 5.56 Å². The van der Waals surface area contributed by atoms with Gasteiger partial charge in [-0.2, -0.15) is 0 Å². The van der Waals surface area contributed by atoms with Gasteiger partial charge in [-0.15, -0.1) is 0 Å². The van der Waals surface area contributed by atoms with Crippen molar-refractivity contribution < 1.29 is 4.74 Å². The molecular weight excluding hydrogens is 355 g/mol. The van der Waals surface area contributed by atoms with E-state index in [4.69, 9.17) is 27.9 Å². The fourth-order valence-electron chi connectivity index (χ4n) is 2.66. The molecule has 0 amide bonds. The summed E-state index contributed by atoms with van der Waals surface area (Å²) in [5, 5.41) is 1.31. The Balaban J connectivity index is 1.70. The lowest BCUT2D eigenvalue weighted by molar-refractivity contribution is 0.307. The molecule has 0 unspecified atom stereocenters. The summed E-state index contributed by atoms with van der Waals surface area (Å²) in [7, 11) is 0. The van der Waals surface area contributed by atoms with Gasteiger partial charge >= 0.3 is 0 Å². The third kappa shape index (κ3) is 3.34. The lowest BCUT2D eigenvalue weighted by Crippen LogP contribution is -1.98. The number of nitrogens with zero attached hydrogens (tertiary/aromatic N) is 1. The molecule has 3 nitrogen and oxygen atoms in total. The molecule has 0 spiro atoms. The quantitative estimate of drug-likeness (QED) is 0.471. The molecule has 0 fully saturated rings. The minimum Gasteiger partial charge on any atom is -0.488 e. The predicted molar refractivity (Wildman–Crippen MR) is 102 cm³/mol. The van der Waals surface area contributed by atoms with Crippen LogP contribution in [0.4, 0.5) is 0 Å². The Bertz CT molecular complexity index is 1010. The lowest BCUT2D eigenvalue weighted by atomic mass is 10.2. The predicted octanol–water partition coefficient (Wildman–Crippen LogP) is 6.12. The van der Waals surface area contributed by atoms with Crippen molar-refractivity contribution in [2.24, 2.45) is 0 Å². The second-order valence-electron chi connectivity index (χ2n) is 5.62. The molecule has 1 heterocycles. The van der Waals surface area contributed by atoms with Crippen LogP contribution in [0.2, 0.25) is 10.0 Å². The maximum atomic E-state index is 6.21. The molecule has 3 aromatic carbocycles. The first kappa shape index (κ1) is 16.0. The summed E-state index contributed by atoms with van der Waals surface area (Å²) in [5.41, 5.74) is 3.61. The number of rotatable bonds is 4. The Hall–Kier alpha value is -2.49. The Labute approximate surface area is 155 Å². The van der Waals surface area contributed by atoms with Crippen LogP contribution in [0, 0.1) is 0 Å². The van der Waals surface area contributed by atoms with Gasteiger partial charge in [0, 0.05) is 15.6 Å². The van der Waals surface area contributed by atoms with Crippen LogP contribution in [-0.2, 0) is 6.61 Å². The zero-order chi connectivity index (χ0) is 17.2. The third-order valence-electron chi connectivity index (χ3n) is 3.93. The van der Waals surface area contributed by atoms with Crippen molar-refractivity contribution in [2.75, 3.05) is 0 Å². The normalized spacial score (nSPS) is 11.0. The average Bonchev–Trinajstić information content (AvgIpc) is 3.06. The highest BCUT2D eigenvalue weighted by molar-refractivity contribution is 6.31. The van der Waals surface area contributed by atoms with Gasteiger partial charge < -0.3 is 9.72 Å². The molecule has 25 heavy (non-hydrogen) atoms. The molecule has 1 aromatic heterocycles. The van der Waals surface area contributed by atoms with Crippen LogP contribution in [0.5, 0.6) is 5.75 Å². The van der Waals surface area contributed by atoms with E-state index >= 15 is 0 Å². The van der Waals surface area contributed by atoms with Gasteiger partial charge in [0.2, 0.25) is 0 Å². The number of hydrogen-bond donors (Lipinski definition) is 1. The maximum Gasteiger partial charge on any atom is 0.142 e. The molecule has 0 radical (unpaired) electrons. The highest BCUT2D eigenvalue weighted by atomic mass is 35.5. The first-order chi connectivity index (χ1) is 12.2. The van der Waals surface area contributed by atoms with E-state index in [9.17, 15) is 0 Å². The zero-order valence-corrected chi connectivity index (χ0v) is 14.7.